The number of hydrogen-bond acceptors (Lipinski definition) is 5. The van der Waals surface area contributed by atoms with Crippen LogP contribution in [-0.4, -0.2) is 54.5 Å². The van der Waals surface area contributed by atoms with Gasteiger partial charge in [0.05, 0.1) is 6.61 Å². The van der Waals surface area contributed by atoms with Crippen LogP contribution in [0.2, 0.25) is 0 Å². The van der Waals surface area contributed by atoms with Crippen LogP contribution in [0.4, 0.5) is 0 Å². The Kier molecular flexibility index (Phi) is 11.2. The Balaban J connectivity index is 0.00000385. The molecule has 1 aromatic carbocycles. The van der Waals surface area contributed by atoms with Gasteiger partial charge in [-0.25, -0.2) is 4.98 Å². The highest BCUT2D eigenvalue weighted by Gasteiger charge is 2.25. The first kappa shape index (κ1) is 26.7. The summed E-state index contributed by atoms with van der Waals surface area (Å²) >= 11 is 0. The molecule has 1 fully saturated rings. The molecule has 0 spiro atoms. The van der Waals surface area contributed by atoms with Gasteiger partial charge in [0.1, 0.15) is 11.5 Å². The smallest absolute Gasteiger partial charge is 0.224 e. The van der Waals surface area contributed by atoms with E-state index in [9.17, 15) is 4.79 Å². The number of pyridine rings is 1. The van der Waals surface area contributed by atoms with Crippen molar-refractivity contribution in [2.45, 2.75) is 45.7 Å². The van der Waals surface area contributed by atoms with Crippen LogP contribution in [0.25, 0.3) is 0 Å². The monoisotopic (exact) mass is 567 g/mol. The molecule has 2 heterocycles. The second kappa shape index (κ2) is 13.9. The maximum atomic E-state index is 11.9. The Bertz CT molecular complexity index is 907. The van der Waals surface area contributed by atoms with Crippen molar-refractivity contribution >= 4 is 35.8 Å². The third-order valence-corrected chi connectivity index (χ3v) is 5.22. The minimum absolute atomic E-state index is 0. The van der Waals surface area contributed by atoms with Gasteiger partial charge >= 0.3 is 0 Å². The molecule has 3 rings (SSSR count). The number of ether oxygens (including phenoxy) is 2. The van der Waals surface area contributed by atoms with Crippen LogP contribution in [0.3, 0.4) is 0 Å². The second-order valence-electron chi connectivity index (χ2n) is 7.64. The fourth-order valence-corrected chi connectivity index (χ4v) is 3.48. The number of likely N-dealkylation sites (tertiary alicyclic amines) is 1. The van der Waals surface area contributed by atoms with E-state index in [1.807, 2.05) is 48.2 Å². The summed E-state index contributed by atoms with van der Waals surface area (Å²) in [6.45, 7) is 6.65. The molecule has 1 atom stereocenters. The van der Waals surface area contributed by atoms with Crippen LogP contribution in [0.15, 0.2) is 47.6 Å². The van der Waals surface area contributed by atoms with E-state index in [0.29, 0.717) is 43.7 Å². The first-order valence-corrected chi connectivity index (χ1v) is 11.2. The molecule has 0 radical (unpaired) electrons. The van der Waals surface area contributed by atoms with Crippen LogP contribution in [0.5, 0.6) is 17.4 Å². The van der Waals surface area contributed by atoms with Crippen molar-refractivity contribution in [2.75, 3.05) is 26.7 Å². The average molecular weight is 567 g/mol. The van der Waals surface area contributed by atoms with Gasteiger partial charge in [-0.15, -0.1) is 24.0 Å². The molecule has 9 heteroatoms. The summed E-state index contributed by atoms with van der Waals surface area (Å²) in [6.07, 6.45) is 4.13. The quantitative estimate of drug-likeness (QED) is 0.271. The predicted octanol–water partition coefficient (Wildman–Crippen LogP) is 3.96. The zero-order valence-corrected chi connectivity index (χ0v) is 21.9. The summed E-state index contributed by atoms with van der Waals surface area (Å²) in [5, 5.41) is 6.73. The van der Waals surface area contributed by atoms with E-state index in [1.54, 1.807) is 13.2 Å². The minimum Gasteiger partial charge on any atom is -0.494 e. The molecule has 1 aliphatic heterocycles. The molecule has 33 heavy (non-hydrogen) atoms. The second-order valence-corrected chi connectivity index (χ2v) is 7.64. The van der Waals surface area contributed by atoms with Crippen LogP contribution < -0.4 is 20.1 Å². The van der Waals surface area contributed by atoms with Gasteiger partial charge in [0.2, 0.25) is 11.8 Å². The number of nitrogens with zero attached hydrogens (tertiary/aromatic N) is 3. The van der Waals surface area contributed by atoms with Crippen molar-refractivity contribution in [1.29, 1.82) is 0 Å². The highest BCUT2D eigenvalue weighted by Crippen LogP contribution is 2.25. The molecule has 0 bridgehead atoms. The SMILES string of the molecule is CCCOc1ccc(Oc2ncccc2CNC(=NC)NC2CCN(C(=O)CC)C2)cc1.I. The normalized spacial score (nSPS) is 15.5. The topological polar surface area (TPSA) is 88.1 Å². The third-order valence-electron chi connectivity index (χ3n) is 5.22. The number of amides is 1. The van der Waals surface area contributed by atoms with Crippen molar-refractivity contribution in [3.63, 3.8) is 0 Å². The molecule has 1 unspecified atom stereocenters. The lowest BCUT2D eigenvalue weighted by molar-refractivity contribution is -0.129. The van der Waals surface area contributed by atoms with Crippen molar-refractivity contribution in [1.82, 2.24) is 20.5 Å². The van der Waals surface area contributed by atoms with E-state index in [-0.39, 0.29) is 35.9 Å². The zero-order chi connectivity index (χ0) is 22.8. The fourth-order valence-electron chi connectivity index (χ4n) is 3.48. The maximum Gasteiger partial charge on any atom is 0.224 e. The molecule has 1 aromatic heterocycles. The molecule has 8 nitrogen and oxygen atoms in total. The fraction of sp³-hybridized carbons (Fsp3) is 0.458. The maximum absolute atomic E-state index is 11.9. The number of carbonyl (C=O) groups excluding carboxylic acids is 1. The van der Waals surface area contributed by atoms with Gasteiger partial charge < -0.3 is 25.0 Å². The van der Waals surface area contributed by atoms with E-state index in [4.69, 9.17) is 9.47 Å². The number of hydrogen-bond donors (Lipinski definition) is 2. The van der Waals surface area contributed by atoms with Crippen molar-refractivity contribution < 1.29 is 14.3 Å². The van der Waals surface area contributed by atoms with Gasteiger partial charge in [-0.3, -0.25) is 9.79 Å². The van der Waals surface area contributed by atoms with E-state index < -0.39 is 0 Å². The zero-order valence-electron chi connectivity index (χ0n) is 19.5. The van der Waals surface area contributed by atoms with E-state index in [1.165, 1.54) is 0 Å². The summed E-state index contributed by atoms with van der Waals surface area (Å²) in [5.41, 5.74) is 0.913. The number of aliphatic imine (C=N–C) groups is 1. The molecule has 1 aliphatic rings. The molecule has 2 aromatic rings. The molecule has 0 aliphatic carbocycles. The van der Waals surface area contributed by atoms with Crippen LogP contribution in [-0.2, 0) is 11.3 Å². The lowest BCUT2D eigenvalue weighted by atomic mass is 10.2. The number of benzene rings is 1. The van der Waals surface area contributed by atoms with Crippen molar-refractivity contribution in [2.24, 2.45) is 4.99 Å². The third kappa shape index (κ3) is 8.06. The Hall–Kier alpha value is -2.56. The number of guanidine groups is 1. The van der Waals surface area contributed by atoms with E-state index in [2.05, 4.69) is 27.5 Å². The highest BCUT2D eigenvalue weighted by atomic mass is 127. The van der Waals surface area contributed by atoms with Gasteiger partial charge in [0.15, 0.2) is 5.96 Å². The summed E-state index contributed by atoms with van der Waals surface area (Å²) in [4.78, 5) is 22.5. The molecular weight excluding hydrogens is 533 g/mol. The van der Waals surface area contributed by atoms with Crippen LogP contribution in [0.1, 0.15) is 38.7 Å². The number of nitrogens with one attached hydrogen (secondary N) is 2. The number of rotatable bonds is 9. The van der Waals surface area contributed by atoms with Gasteiger partial charge in [-0.05, 0) is 43.2 Å². The Morgan fingerprint density at radius 1 is 1.21 bits per heavy atom. The largest absolute Gasteiger partial charge is 0.494 e. The predicted molar refractivity (Wildman–Crippen MR) is 141 cm³/mol. The molecule has 2 N–H and O–H groups in total. The Morgan fingerprint density at radius 2 is 1.97 bits per heavy atom. The standard InChI is InChI=1S/C24H33N5O3.HI/c1-4-15-31-20-8-10-21(11-9-20)32-23-18(7-6-13-26-23)16-27-24(25-3)28-19-12-14-29(17-19)22(30)5-2;/h6-11,13,19H,4-5,12,14-17H2,1-3H3,(H2,25,27,28);1H. The summed E-state index contributed by atoms with van der Waals surface area (Å²) in [5.74, 6) is 2.94. The minimum atomic E-state index is 0. The van der Waals surface area contributed by atoms with Gasteiger partial charge in [0.25, 0.3) is 0 Å². The first-order valence-electron chi connectivity index (χ1n) is 11.2. The summed E-state index contributed by atoms with van der Waals surface area (Å²) < 4.78 is 11.6. The molecule has 1 amide bonds. The van der Waals surface area contributed by atoms with Crippen molar-refractivity contribution in [3.8, 4) is 17.4 Å². The molecule has 1 saturated heterocycles. The van der Waals surface area contributed by atoms with Gasteiger partial charge in [0, 0.05) is 50.9 Å². The summed E-state index contributed by atoms with van der Waals surface area (Å²) in [7, 11) is 1.74. The average Bonchev–Trinajstić information content (AvgIpc) is 3.30. The number of halogens is 1. The first-order chi connectivity index (χ1) is 15.6. The Morgan fingerprint density at radius 3 is 2.67 bits per heavy atom. The van der Waals surface area contributed by atoms with Crippen LogP contribution in [0, 0.1) is 0 Å². The molecule has 0 saturated carbocycles. The lowest BCUT2D eigenvalue weighted by Crippen LogP contribution is -2.44. The molecular formula is C24H34IN5O3. The molecule has 180 valence electrons. The van der Waals surface area contributed by atoms with Gasteiger partial charge in [-0.1, -0.05) is 19.9 Å². The lowest BCUT2D eigenvalue weighted by Gasteiger charge is -2.19. The highest BCUT2D eigenvalue weighted by molar-refractivity contribution is 14.0. The number of aromatic nitrogens is 1. The van der Waals surface area contributed by atoms with Gasteiger partial charge in [-0.2, -0.15) is 0 Å². The van der Waals surface area contributed by atoms with E-state index in [0.717, 1.165) is 30.7 Å². The van der Waals surface area contributed by atoms with Crippen LogP contribution >= 0.6 is 24.0 Å². The summed E-state index contributed by atoms with van der Waals surface area (Å²) in [6, 6.07) is 11.6. The Labute approximate surface area is 213 Å². The number of carbonyl (C=O) groups is 1. The van der Waals surface area contributed by atoms with Crippen molar-refractivity contribution in [3.05, 3.63) is 48.2 Å². The van der Waals surface area contributed by atoms with E-state index >= 15 is 0 Å².